The van der Waals surface area contributed by atoms with Crippen molar-refractivity contribution in [2.45, 2.75) is 52.5 Å². The highest BCUT2D eigenvalue weighted by Crippen LogP contribution is 2.00. The number of carbonyl (C=O) groups excluding carboxylic acids is 1. The molecule has 0 aromatic carbocycles. The Balaban J connectivity index is 3.45. The topological polar surface area (TPSA) is 87.7 Å². The van der Waals surface area contributed by atoms with Gasteiger partial charge in [-0.05, 0) is 32.1 Å². The summed E-state index contributed by atoms with van der Waals surface area (Å²) in [5, 5.41) is 14.1. The summed E-state index contributed by atoms with van der Waals surface area (Å²) in [6.45, 7) is 8.02. The average molecular weight is 288 g/mol. The molecule has 6 heteroatoms. The first-order valence-electron chi connectivity index (χ1n) is 7.25. The van der Waals surface area contributed by atoms with E-state index in [9.17, 15) is 9.59 Å². The first kappa shape index (κ1) is 18.7. The zero-order chi connectivity index (χ0) is 15.4. The van der Waals surface area contributed by atoms with Crippen LogP contribution in [0, 0.1) is 5.92 Å². The predicted molar refractivity (Wildman–Crippen MR) is 77.8 cm³/mol. The molecule has 2 amide bonds. The van der Waals surface area contributed by atoms with Crippen LogP contribution in [0.3, 0.4) is 0 Å². The molecule has 0 aliphatic rings. The molecule has 0 aliphatic heterocycles. The first-order valence-corrected chi connectivity index (χ1v) is 7.25. The molecule has 1 atom stereocenters. The van der Waals surface area contributed by atoms with Crippen molar-refractivity contribution in [1.29, 1.82) is 0 Å². The summed E-state index contributed by atoms with van der Waals surface area (Å²) in [5.41, 5.74) is 0. The van der Waals surface area contributed by atoms with Crippen LogP contribution in [0.4, 0.5) is 4.79 Å². The molecule has 20 heavy (non-hydrogen) atoms. The number of hydrogen-bond donors (Lipinski definition) is 3. The molecule has 0 bridgehead atoms. The van der Waals surface area contributed by atoms with Crippen molar-refractivity contribution in [1.82, 2.24) is 10.6 Å². The molecule has 0 aromatic heterocycles. The summed E-state index contributed by atoms with van der Waals surface area (Å²) in [6, 6.07) is -0.233. The molecule has 0 aliphatic carbocycles. The van der Waals surface area contributed by atoms with E-state index in [1.165, 1.54) is 0 Å². The van der Waals surface area contributed by atoms with E-state index in [0.717, 1.165) is 13.0 Å². The second kappa shape index (κ2) is 11.5. The van der Waals surface area contributed by atoms with Crippen LogP contribution >= 0.6 is 0 Å². The zero-order valence-corrected chi connectivity index (χ0v) is 12.8. The molecular formula is C14H28N2O4. The summed E-state index contributed by atoms with van der Waals surface area (Å²) >= 11 is 0. The number of carbonyl (C=O) groups is 2. The van der Waals surface area contributed by atoms with Crippen molar-refractivity contribution in [3.63, 3.8) is 0 Å². The number of aliphatic carboxylic acids is 1. The third-order valence-electron chi connectivity index (χ3n) is 2.61. The molecule has 0 saturated heterocycles. The molecule has 0 fully saturated rings. The summed E-state index contributed by atoms with van der Waals surface area (Å²) in [4.78, 5) is 21.9. The number of nitrogens with one attached hydrogen (secondary N) is 2. The maximum Gasteiger partial charge on any atom is 0.314 e. The minimum atomic E-state index is -0.803. The quantitative estimate of drug-likeness (QED) is 0.507. The normalized spacial score (nSPS) is 12.2. The molecule has 0 spiro atoms. The highest BCUT2D eigenvalue weighted by Gasteiger charge is 2.07. The minimum Gasteiger partial charge on any atom is -0.481 e. The summed E-state index contributed by atoms with van der Waals surface area (Å²) in [7, 11) is 0. The van der Waals surface area contributed by atoms with Gasteiger partial charge in [-0.2, -0.15) is 0 Å². The van der Waals surface area contributed by atoms with Gasteiger partial charge in [-0.15, -0.1) is 0 Å². The van der Waals surface area contributed by atoms with Gasteiger partial charge in [-0.25, -0.2) is 4.79 Å². The van der Waals surface area contributed by atoms with Gasteiger partial charge in [-0.3, -0.25) is 4.79 Å². The van der Waals surface area contributed by atoms with Gasteiger partial charge in [-0.1, -0.05) is 13.8 Å². The second-order valence-electron chi connectivity index (χ2n) is 5.41. The van der Waals surface area contributed by atoms with Crippen LogP contribution in [0.5, 0.6) is 0 Å². The van der Waals surface area contributed by atoms with E-state index < -0.39 is 5.97 Å². The third kappa shape index (κ3) is 13.1. The molecule has 118 valence electrons. The predicted octanol–water partition coefficient (Wildman–Crippen LogP) is 1.99. The lowest BCUT2D eigenvalue weighted by molar-refractivity contribution is -0.137. The lowest BCUT2D eigenvalue weighted by Crippen LogP contribution is -2.41. The van der Waals surface area contributed by atoms with Crippen molar-refractivity contribution in [3.8, 4) is 0 Å². The number of rotatable bonds is 11. The van der Waals surface area contributed by atoms with Crippen LogP contribution in [0.1, 0.15) is 46.5 Å². The van der Waals surface area contributed by atoms with Gasteiger partial charge < -0.3 is 20.5 Å². The highest BCUT2D eigenvalue weighted by molar-refractivity contribution is 5.74. The number of ether oxygens (including phenoxy) is 1. The van der Waals surface area contributed by atoms with Crippen molar-refractivity contribution < 1.29 is 19.4 Å². The van der Waals surface area contributed by atoms with E-state index in [1.54, 1.807) is 0 Å². The number of hydrogen-bond acceptors (Lipinski definition) is 3. The molecule has 0 radical (unpaired) electrons. The van der Waals surface area contributed by atoms with Crippen LogP contribution in [0.2, 0.25) is 0 Å². The van der Waals surface area contributed by atoms with Crippen LogP contribution in [0.15, 0.2) is 0 Å². The van der Waals surface area contributed by atoms with Crippen LogP contribution in [0.25, 0.3) is 0 Å². The Morgan fingerprint density at radius 2 is 1.90 bits per heavy atom. The first-order chi connectivity index (χ1) is 9.41. The van der Waals surface area contributed by atoms with E-state index in [1.807, 2.05) is 6.92 Å². The molecule has 0 rings (SSSR count). The van der Waals surface area contributed by atoms with Crippen LogP contribution in [-0.4, -0.2) is 42.9 Å². The SMILES string of the molecule is CC(C)COCCCNC(=O)NC(C)CCCC(=O)O. The van der Waals surface area contributed by atoms with Crippen molar-refractivity contribution >= 4 is 12.0 Å². The van der Waals surface area contributed by atoms with E-state index in [-0.39, 0.29) is 18.5 Å². The second-order valence-corrected chi connectivity index (χ2v) is 5.41. The fourth-order valence-corrected chi connectivity index (χ4v) is 1.60. The summed E-state index contributed by atoms with van der Waals surface area (Å²) < 4.78 is 5.41. The van der Waals surface area contributed by atoms with E-state index >= 15 is 0 Å². The maximum atomic E-state index is 11.5. The van der Waals surface area contributed by atoms with E-state index in [2.05, 4.69) is 24.5 Å². The monoisotopic (exact) mass is 288 g/mol. The lowest BCUT2D eigenvalue weighted by Gasteiger charge is -2.14. The minimum absolute atomic E-state index is 0.0217. The van der Waals surface area contributed by atoms with Gasteiger partial charge in [0, 0.05) is 32.2 Å². The zero-order valence-electron chi connectivity index (χ0n) is 12.8. The lowest BCUT2D eigenvalue weighted by atomic mass is 10.1. The van der Waals surface area contributed by atoms with Crippen molar-refractivity contribution in [2.24, 2.45) is 5.92 Å². The third-order valence-corrected chi connectivity index (χ3v) is 2.61. The molecule has 3 N–H and O–H groups in total. The van der Waals surface area contributed by atoms with Crippen LogP contribution in [-0.2, 0) is 9.53 Å². The smallest absolute Gasteiger partial charge is 0.314 e. The molecule has 6 nitrogen and oxygen atoms in total. The Bertz CT molecular complexity index is 282. The fraction of sp³-hybridized carbons (Fsp3) is 0.857. The summed E-state index contributed by atoms with van der Waals surface area (Å²) in [6.07, 6.45) is 2.16. The number of carboxylic acids is 1. The Labute approximate surface area is 121 Å². The Kier molecular flexibility index (Phi) is 10.8. The van der Waals surface area contributed by atoms with E-state index in [0.29, 0.717) is 31.9 Å². The van der Waals surface area contributed by atoms with Gasteiger partial charge in [0.15, 0.2) is 0 Å². The van der Waals surface area contributed by atoms with Gasteiger partial charge in [0.25, 0.3) is 0 Å². The Morgan fingerprint density at radius 1 is 1.20 bits per heavy atom. The Morgan fingerprint density at radius 3 is 2.50 bits per heavy atom. The largest absolute Gasteiger partial charge is 0.481 e. The van der Waals surface area contributed by atoms with E-state index in [4.69, 9.17) is 9.84 Å². The standard InChI is InChI=1S/C14H28N2O4/c1-11(2)10-20-9-5-8-15-14(19)16-12(3)6-4-7-13(17)18/h11-12H,4-10H2,1-3H3,(H,17,18)(H2,15,16,19). The molecule has 1 unspecified atom stereocenters. The highest BCUT2D eigenvalue weighted by atomic mass is 16.5. The van der Waals surface area contributed by atoms with Gasteiger partial charge >= 0.3 is 12.0 Å². The molecule has 0 saturated carbocycles. The average Bonchev–Trinajstić information content (AvgIpc) is 2.32. The van der Waals surface area contributed by atoms with Crippen molar-refractivity contribution in [3.05, 3.63) is 0 Å². The van der Waals surface area contributed by atoms with Gasteiger partial charge in [0.05, 0.1) is 0 Å². The van der Waals surface area contributed by atoms with Gasteiger partial charge in [0.2, 0.25) is 0 Å². The van der Waals surface area contributed by atoms with Crippen molar-refractivity contribution in [2.75, 3.05) is 19.8 Å². The number of urea groups is 1. The molecule has 0 aromatic rings. The molecular weight excluding hydrogens is 260 g/mol. The molecule has 0 heterocycles. The Hall–Kier alpha value is -1.30. The van der Waals surface area contributed by atoms with Gasteiger partial charge in [0.1, 0.15) is 0 Å². The number of amides is 2. The fourth-order valence-electron chi connectivity index (χ4n) is 1.60. The van der Waals surface area contributed by atoms with Crippen LogP contribution < -0.4 is 10.6 Å². The number of carboxylic acid groups (broad SMARTS) is 1. The summed E-state index contributed by atoms with van der Waals surface area (Å²) in [5.74, 6) is -0.277. The maximum absolute atomic E-state index is 11.5.